The summed E-state index contributed by atoms with van der Waals surface area (Å²) in [6, 6.07) is 23.3. The van der Waals surface area contributed by atoms with E-state index in [0.29, 0.717) is 11.9 Å². The first kappa shape index (κ1) is 23.2. The van der Waals surface area contributed by atoms with Crippen LogP contribution in [0.15, 0.2) is 66.7 Å². The van der Waals surface area contributed by atoms with Gasteiger partial charge in [-0.3, -0.25) is 9.59 Å². The zero-order valence-corrected chi connectivity index (χ0v) is 20.9. The van der Waals surface area contributed by atoms with Crippen molar-refractivity contribution >= 4 is 22.6 Å². The molecule has 2 amide bonds. The van der Waals surface area contributed by atoms with Crippen molar-refractivity contribution in [1.82, 2.24) is 14.7 Å². The third-order valence-corrected chi connectivity index (χ3v) is 8.59. The van der Waals surface area contributed by atoms with E-state index < -0.39 is 0 Å². The van der Waals surface area contributed by atoms with Gasteiger partial charge >= 0.3 is 0 Å². The van der Waals surface area contributed by atoms with E-state index >= 15 is 0 Å². The molecule has 36 heavy (non-hydrogen) atoms. The smallest absolute Gasteiger partial charge is 0.253 e. The largest absolute Gasteiger partial charge is 0.339 e. The van der Waals surface area contributed by atoms with Crippen LogP contribution < -0.4 is 0 Å². The summed E-state index contributed by atoms with van der Waals surface area (Å²) in [7, 11) is 0. The monoisotopic (exact) mass is 481 g/mol. The van der Waals surface area contributed by atoms with Crippen molar-refractivity contribution in [2.45, 2.75) is 44.7 Å². The highest BCUT2D eigenvalue weighted by atomic mass is 16.2. The van der Waals surface area contributed by atoms with E-state index in [4.69, 9.17) is 0 Å². The molecule has 0 N–H and O–H groups in total. The first-order chi connectivity index (χ1) is 17.7. The van der Waals surface area contributed by atoms with Gasteiger partial charge in [0.05, 0.1) is 0 Å². The van der Waals surface area contributed by atoms with E-state index in [9.17, 15) is 9.59 Å². The van der Waals surface area contributed by atoms with Crippen LogP contribution in [0.5, 0.6) is 0 Å². The minimum absolute atomic E-state index is 0.145. The van der Waals surface area contributed by atoms with Gasteiger partial charge < -0.3 is 14.7 Å². The fraction of sp³-hybridized carbons (Fsp3) is 0.419. The molecular weight excluding hydrogens is 446 g/mol. The van der Waals surface area contributed by atoms with Gasteiger partial charge in [0.25, 0.3) is 5.91 Å². The molecule has 3 aromatic rings. The van der Waals surface area contributed by atoms with E-state index in [0.717, 1.165) is 82.3 Å². The second-order valence-corrected chi connectivity index (χ2v) is 10.7. The molecule has 0 saturated carbocycles. The van der Waals surface area contributed by atoms with Gasteiger partial charge in [-0.05, 0) is 79.2 Å². The highest BCUT2D eigenvalue weighted by Gasteiger charge is 2.34. The lowest BCUT2D eigenvalue weighted by Crippen LogP contribution is -2.50. The number of nitrogens with zero attached hydrogens (tertiary/aromatic N) is 3. The number of benzene rings is 3. The number of hydrogen-bond acceptors (Lipinski definition) is 3. The minimum Gasteiger partial charge on any atom is -0.339 e. The third-order valence-electron chi connectivity index (χ3n) is 8.59. The van der Waals surface area contributed by atoms with Crippen LogP contribution in [0.4, 0.5) is 0 Å². The Bertz CT molecular complexity index is 1260. The summed E-state index contributed by atoms with van der Waals surface area (Å²) in [6.07, 6.45) is 4.90. The Morgan fingerprint density at radius 1 is 0.667 bits per heavy atom. The van der Waals surface area contributed by atoms with Crippen LogP contribution in [0, 0.1) is 5.92 Å². The second kappa shape index (κ2) is 10.1. The molecule has 0 radical (unpaired) electrons. The lowest BCUT2D eigenvalue weighted by molar-refractivity contribution is -0.138. The van der Waals surface area contributed by atoms with E-state index in [1.54, 1.807) is 0 Å². The molecule has 0 atom stereocenters. The molecule has 0 aromatic heterocycles. The molecule has 0 spiro atoms. The van der Waals surface area contributed by atoms with Gasteiger partial charge in [-0.25, -0.2) is 0 Å². The second-order valence-electron chi connectivity index (χ2n) is 10.7. The van der Waals surface area contributed by atoms with Crippen molar-refractivity contribution in [3.63, 3.8) is 0 Å². The molecule has 2 fully saturated rings. The van der Waals surface area contributed by atoms with Crippen LogP contribution in [0.1, 0.15) is 47.2 Å². The molecule has 3 heterocycles. The van der Waals surface area contributed by atoms with Gasteiger partial charge in [0.15, 0.2) is 0 Å². The number of likely N-dealkylation sites (tertiary alicyclic amines) is 2. The van der Waals surface area contributed by atoms with Crippen LogP contribution in [0.2, 0.25) is 0 Å². The molecule has 0 bridgehead atoms. The van der Waals surface area contributed by atoms with Crippen LogP contribution in [-0.4, -0.2) is 65.3 Å². The molecule has 3 aliphatic heterocycles. The molecule has 0 aliphatic carbocycles. The summed E-state index contributed by atoms with van der Waals surface area (Å²) < 4.78 is 0. The first-order valence-corrected chi connectivity index (χ1v) is 13.5. The maximum Gasteiger partial charge on any atom is 0.253 e. The highest BCUT2D eigenvalue weighted by molar-refractivity contribution is 5.98. The normalized spacial score (nSPS) is 19.9. The quantitative estimate of drug-likeness (QED) is 0.543. The van der Waals surface area contributed by atoms with Crippen LogP contribution in [0.25, 0.3) is 10.8 Å². The Morgan fingerprint density at radius 2 is 1.36 bits per heavy atom. The van der Waals surface area contributed by atoms with Gasteiger partial charge in [0.2, 0.25) is 5.91 Å². The lowest BCUT2D eigenvalue weighted by atomic mass is 9.91. The average molecular weight is 482 g/mol. The Labute approximate surface area is 213 Å². The molecule has 3 aromatic carbocycles. The number of amides is 2. The average Bonchev–Trinajstić information content (AvgIpc) is 2.96. The fourth-order valence-electron chi connectivity index (χ4n) is 6.39. The van der Waals surface area contributed by atoms with E-state index in [1.807, 2.05) is 35.2 Å². The number of fused-ring (bicyclic) bond motifs is 2. The Hall–Kier alpha value is -3.18. The summed E-state index contributed by atoms with van der Waals surface area (Å²) in [5.41, 5.74) is 3.48. The summed E-state index contributed by atoms with van der Waals surface area (Å²) in [5.74, 6) is 0.646. The van der Waals surface area contributed by atoms with Gasteiger partial charge in [0.1, 0.15) is 0 Å². The first-order valence-electron chi connectivity index (χ1n) is 13.5. The topological polar surface area (TPSA) is 43.9 Å². The molecule has 0 unspecified atom stereocenters. The van der Waals surface area contributed by atoms with Crippen molar-refractivity contribution in [1.29, 1.82) is 0 Å². The summed E-state index contributed by atoms with van der Waals surface area (Å²) in [5, 5.41) is 2.28. The molecule has 6 rings (SSSR count). The Balaban J connectivity index is 0.994. The Kier molecular flexibility index (Phi) is 6.49. The van der Waals surface area contributed by atoms with Crippen molar-refractivity contribution in [2.75, 3.05) is 32.7 Å². The Morgan fingerprint density at radius 3 is 2.14 bits per heavy atom. The van der Waals surface area contributed by atoms with Crippen molar-refractivity contribution < 1.29 is 9.59 Å². The number of rotatable bonds is 3. The molecule has 186 valence electrons. The predicted molar refractivity (Wildman–Crippen MR) is 143 cm³/mol. The highest BCUT2D eigenvalue weighted by Crippen LogP contribution is 2.28. The van der Waals surface area contributed by atoms with Crippen molar-refractivity contribution in [3.05, 3.63) is 83.4 Å². The fourth-order valence-corrected chi connectivity index (χ4v) is 6.39. The van der Waals surface area contributed by atoms with Gasteiger partial charge in [-0.2, -0.15) is 0 Å². The lowest BCUT2D eigenvalue weighted by Gasteiger charge is -2.42. The summed E-state index contributed by atoms with van der Waals surface area (Å²) in [6.45, 7) is 5.21. The minimum atomic E-state index is 0.145. The van der Waals surface area contributed by atoms with Gasteiger partial charge in [-0.1, -0.05) is 54.6 Å². The molecule has 5 nitrogen and oxygen atoms in total. The third kappa shape index (κ3) is 4.64. The SMILES string of the molecule is O=C(c1ccc2ccccc2c1)N1CCC(N2CCC(C(=O)N3CCc4ccccc4C3)CC2)CC1. The summed E-state index contributed by atoms with van der Waals surface area (Å²) in [4.78, 5) is 33.1. The maximum atomic E-state index is 13.2. The standard InChI is InChI=1S/C31H35N3O2/c35-30(34-18-11-24-6-2-4-8-28(24)22-34)25-12-16-32(17-13-25)29-14-19-33(20-15-29)31(36)27-10-9-23-5-1-3-7-26(23)21-27/h1-10,21,25,29H,11-20,22H2. The zero-order chi connectivity index (χ0) is 24.5. The van der Waals surface area contributed by atoms with Crippen LogP contribution in [0.3, 0.4) is 0 Å². The number of piperidine rings is 2. The maximum absolute atomic E-state index is 13.2. The predicted octanol–water partition coefficient (Wildman–Crippen LogP) is 4.74. The molecule has 5 heteroatoms. The molecule has 2 saturated heterocycles. The van der Waals surface area contributed by atoms with Gasteiger partial charge in [0, 0.05) is 43.7 Å². The van der Waals surface area contributed by atoms with E-state index in [2.05, 4.69) is 46.2 Å². The van der Waals surface area contributed by atoms with Crippen molar-refractivity contribution in [2.24, 2.45) is 5.92 Å². The van der Waals surface area contributed by atoms with Crippen LogP contribution >= 0.6 is 0 Å². The van der Waals surface area contributed by atoms with Crippen molar-refractivity contribution in [3.8, 4) is 0 Å². The van der Waals surface area contributed by atoms with Crippen LogP contribution in [-0.2, 0) is 17.8 Å². The summed E-state index contributed by atoms with van der Waals surface area (Å²) >= 11 is 0. The number of carbonyl (C=O) groups is 2. The van der Waals surface area contributed by atoms with E-state index in [-0.39, 0.29) is 11.8 Å². The molecule has 3 aliphatic rings. The number of hydrogen-bond donors (Lipinski definition) is 0. The van der Waals surface area contributed by atoms with E-state index in [1.165, 1.54) is 16.5 Å². The number of carbonyl (C=O) groups excluding carboxylic acids is 2. The zero-order valence-electron chi connectivity index (χ0n) is 20.9. The van der Waals surface area contributed by atoms with Gasteiger partial charge in [-0.15, -0.1) is 0 Å². The molecular formula is C31H35N3O2.